The topological polar surface area (TPSA) is 26.3 Å². The average Bonchev–Trinajstić information content (AvgIpc) is 2.14. The number of rotatable bonds is 4. The molecule has 0 aliphatic heterocycles. The summed E-state index contributed by atoms with van der Waals surface area (Å²) in [5.41, 5.74) is 1.02. The molecule has 0 aliphatic carbocycles. The third-order valence-electron chi connectivity index (χ3n) is 1.85. The fraction of sp³-hybridized carbons (Fsp3) is 0.417. The quantitative estimate of drug-likeness (QED) is 0.597. The molecule has 4 heteroatoms. The largest absolute Gasteiger partial charge is 0.457 e. The van der Waals surface area contributed by atoms with Crippen molar-refractivity contribution in [2.75, 3.05) is 27.7 Å². The van der Waals surface area contributed by atoms with Crippen LogP contribution < -0.4 is 0 Å². The van der Waals surface area contributed by atoms with E-state index in [2.05, 4.69) is 0 Å². The number of likely N-dealkylation sites (N-methyl/N-ethyl adjacent to an activating group) is 1. The average molecular weight is 245 g/mol. The summed E-state index contributed by atoms with van der Waals surface area (Å²) in [7, 11) is 5.89. The van der Waals surface area contributed by atoms with Crippen molar-refractivity contribution < 1.29 is 14.0 Å². The first kappa shape index (κ1) is 14.9. The van der Waals surface area contributed by atoms with E-state index in [1.165, 1.54) is 0 Å². The van der Waals surface area contributed by atoms with Crippen molar-refractivity contribution in [3.63, 3.8) is 0 Å². The molecule has 0 heterocycles. The number of esters is 1. The van der Waals surface area contributed by atoms with Gasteiger partial charge in [0.15, 0.2) is 6.54 Å². The van der Waals surface area contributed by atoms with Crippen LogP contribution in [0.1, 0.15) is 5.56 Å². The van der Waals surface area contributed by atoms with Crippen LogP contribution in [-0.2, 0) is 16.1 Å². The van der Waals surface area contributed by atoms with Crippen LogP contribution in [0.15, 0.2) is 30.3 Å². The number of hydrogen-bond donors (Lipinski definition) is 0. The molecule has 0 aromatic heterocycles. The Balaban J connectivity index is 0.00000225. The van der Waals surface area contributed by atoms with Gasteiger partial charge in [-0.05, 0) is 5.56 Å². The van der Waals surface area contributed by atoms with E-state index in [0.29, 0.717) is 17.6 Å². The zero-order valence-electron chi connectivity index (χ0n) is 9.97. The molecule has 0 aliphatic rings. The third-order valence-corrected chi connectivity index (χ3v) is 1.85. The molecule has 1 aromatic carbocycles. The molecule has 16 heavy (non-hydrogen) atoms. The van der Waals surface area contributed by atoms with Crippen LogP contribution in [0.25, 0.3) is 0 Å². The summed E-state index contributed by atoms with van der Waals surface area (Å²) in [6.45, 7) is 0.756. The van der Waals surface area contributed by atoms with Gasteiger partial charge in [-0.15, -0.1) is 12.4 Å². The van der Waals surface area contributed by atoms with Gasteiger partial charge in [0.25, 0.3) is 0 Å². The van der Waals surface area contributed by atoms with Crippen molar-refractivity contribution in [3.8, 4) is 0 Å². The number of benzene rings is 1. The fourth-order valence-corrected chi connectivity index (χ4v) is 1.17. The van der Waals surface area contributed by atoms with E-state index in [-0.39, 0.29) is 18.4 Å². The van der Waals surface area contributed by atoms with Gasteiger partial charge < -0.3 is 9.22 Å². The van der Waals surface area contributed by atoms with Crippen LogP contribution in [0.2, 0.25) is 0 Å². The van der Waals surface area contributed by atoms with Gasteiger partial charge in [0, 0.05) is 0 Å². The highest BCUT2D eigenvalue weighted by atomic mass is 35.5. The second-order valence-corrected chi connectivity index (χ2v) is 4.59. The molecule has 0 saturated heterocycles. The Hall–Kier alpha value is -1.06. The lowest BCUT2D eigenvalue weighted by Crippen LogP contribution is -2.40. The maximum Gasteiger partial charge on any atom is 0.362 e. The van der Waals surface area contributed by atoms with Crippen LogP contribution in [0.3, 0.4) is 0 Å². The Bertz CT molecular complexity index is 320. The van der Waals surface area contributed by atoms with Crippen molar-refractivity contribution in [1.29, 1.82) is 0 Å². The summed E-state index contributed by atoms with van der Waals surface area (Å²) in [5, 5.41) is 0. The molecule has 0 unspecified atom stereocenters. The number of ether oxygens (including phenoxy) is 1. The zero-order chi connectivity index (χ0) is 11.3. The monoisotopic (exact) mass is 244 g/mol. The minimum Gasteiger partial charge on any atom is -0.457 e. The molecule has 0 atom stereocenters. The highest BCUT2D eigenvalue weighted by Crippen LogP contribution is 2.01. The second-order valence-electron chi connectivity index (χ2n) is 4.59. The van der Waals surface area contributed by atoms with Crippen molar-refractivity contribution in [1.82, 2.24) is 0 Å². The Kier molecular flexibility index (Phi) is 6.08. The van der Waals surface area contributed by atoms with Gasteiger partial charge >= 0.3 is 5.97 Å². The molecule has 1 aromatic rings. The molecular weight excluding hydrogens is 226 g/mol. The first-order chi connectivity index (χ1) is 6.97. The lowest BCUT2D eigenvalue weighted by atomic mass is 10.2. The number of carbonyl (C=O) groups excluding carboxylic acids is 1. The van der Waals surface area contributed by atoms with Crippen LogP contribution >= 0.6 is 12.4 Å². The maximum absolute atomic E-state index is 11.4. The minimum absolute atomic E-state index is 0. The summed E-state index contributed by atoms with van der Waals surface area (Å²) >= 11 is 0. The van der Waals surface area contributed by atoms with Crippen molar-refractivity contribution >= 4 is 18.4 Å². The Morgan fingerprint density at radius 2 is 1.75 bits per heavy atom. The minimum atomic E-state index is -0.161. The number of nitrogens with zero attached hydrogens (tertiary/aromatic N) is 1. The summed E-state index contributed by atoms with van der Waals surface area (Å²) in [6, 6.07) is 9.70. The Morgan fingerprint density at radius 3 is 2.25 bits per heavy atom. The first-order valence-corrected chi connectivity index (χ1v) is 4.97. The van der Waals surface area contributed by atoms with Gasteiger partial charge in [-0.2, -0.15) is 0 Å². The molecule has 0 N–H and O–H groups in total. The van der Waals surface area contributed by atoms with Gasteiger partial charge in [0.05, 0.1) is 21.1 Å². The van der Waals surface area contributed by atoms with E-state index in [0.717, 1.165) is 5.56 Å². The number of hydrogen-bond acceptors (Lipinski definition) is 2. The van der Waals surface area contributed by atoms with Crippen LogP contribution in [0.4, 0.5) is 0 Å². The normalized spacial score (nSPS) is 10.4. The van der Waals surface area contributed by atoms with Crippen molar-refractivity contribution in [2.45, 2.75) is 6.61 Å². The predicted octanol–water partition coefficient (Wildman–Crippen LogP) is 1.86. The van der Waals surface area contributed by atoms with Crippen LogP contribution in [0.5, 0.6) is 0 Å². The lowest BCUT2D eigenvalue weighted by molar-refractivity contribution is -0.862. The van der Waals surface area contributed by atoms with E-state index in [1.807, 2.05) is 51.5 Å². The molecule has 90 valence electrons. The van der Waals surface area contributed by atoms with E-state index >= 15 is 0 Å². The molecule has 0 bridgehead atoms. The second kappa shape index (κ2) is 6.51. The highest BCUT2D eigenvalue weighted by molar-refractivity contribution is 5.85. The van der Waals surface area contributed by atoms with E-state index in [1.54, 1.807) is 0 Å². The number of quaternary nitrogens is 1. The standard InChI is InChI=1S/C12H18NO2.ClH/c1-13(2,3)9-12(14)15-10-11-7-5-4-6-8-11;/h4-8H,9-10H2,1-3H3;1H/q+1;. The molecule has 0 radical (unpaired) electrons. The molecule has 0 amide bonds. The smallest absolute Gasteiger partial charge is 0.362 e. The van der Waals surface area contributed by atoms with Crippen LogP contribution in [0, 0.1) is 0 Å². The number of carbonyl (C=O) groups is 1. The summed E-state index contributed by atoms with van der Waals surface area (Å²) in [4.78, 5) is 11.4. The fourth-order valence-electron chi connectivity index (χ4n) is 1.17. The van der Waals surface area contributed by atoms with Gasteiger partial charge in [0.1, 0.15) is 6.61 Å². The summed E-state index contributed by atoms with van der Waals surface area (Å²) in [5.74, 6) is -0.161. The van der Waals surface area contributed by atoms with Gasteiger partial charge in [-0.25, -0.2) is 4.79 Å². The lowest BCUT2D eigenvalue weighted by Gasteiger charge is -2.22. The Labute approximate surface area is 103 Å². The summed E-state index contributed by atoms with van der Waals surface area (Å²) < 4.78 is 5.74. The van der Waals surface area contributed by atoms with Crippen molar-refractivity contribution in [2.24, 2.45) is 0 Å². The highest BCUT2D eigenvalue weighted by Gasteiger charge is 2.15. The SMILES string of the molecule is C[N+](C)(C)CC(=O)OCc1ccccc1.Cl. The Morgan fingerprint density at radius 1 is 1.19 bits per heavy atom. The third kappa shape index (κ3) is 6.43. The van der Waals surface area contributed by atoms with E-state index < -0.39 is 0 Å². The van der Waals surface area contributed by atoms with Gasteiger partial charge in [-0.1, -0.05) is 30.3 Å². The van der Waals surface area contributed by atoms with Crippen molar-refractivity contribution in [3.05, 3.63) is 35.9 Å². The number of halogens is 1. The van der Waals surface area contributed by atoms with Gasteiger partial charge in [0.2, 0.25) is 0 Å². The molecule has 3 nitrogen and oxygen atoms in total. The summed E-state index contributed by atoms with van der Waals surface area (Å²) in [6.07, 6.45) is 0. The van der Waals surface area contributed by atoms with E-state index in [4.69, 9.17) is 4.74 Å². The molecular formula is C12H19ClNO2+. The molecule has 0 fully saturated rings. The van der Waals surface area contributed by atoms with Crippen LogP contribution in [-0.4, -0.2) is 38.1 Å². The predicted molar refractivity (Wildman–Crippen MR) is 66.4 cm³/mol. The first-order valence-electron chi connectivity index (χ1n) is 4.97. The molecule has 0 saturated carbocycles. The molecule has 0 spiro atoms. The molecule has 1 rings (SSSR count). The maximum atomic E-state index is 11.4. The van der Waals surface area contributed by atoms with E-state index in [9.17, 15) is 4.79 Å². The van der Waals surface area contributed by atoms with Gasteiger partial charge in [-0.3, -0.25) is 0 Å². The zero-order valence-corrected chi connectivity index (χ0v) is 10.8.